The van der Waals surface area contributed by atoms with Crippen LogP contribution >= 0.6 is 0 Å². The fourth-order valence-corrected chi connectivity index (χ4v) is 9.61. The van der Waals surface area contributed by atoms with E-state index in [0.29, 0.717) is 0 Å². The Balaban J connectivity index is 0.831. The number of aliphatic hydroxyl groups is 14. The van der Waals surface area contributed by atoms with Crippen LogP contribution in [0.3, 0.4) is 0 Å². The molecule has 28 heteroatoms. The molecular formula is C36H56O28. The number of rotatable bonds is 13. The molecule has 28 nitrogen and oxygen atoms in total. The number of hydrogen-bond donors (Lipinski definition) is 14. The van der Waals surface area contributed by atoms with Gasteiger partial charge in [0.05, 0.1) is 39.6 Å². The maximum absolute atomic E-state index is 11.5. The number of ether oxygens (including phenoxy) is 14. The smallest absolute Gasteiger partial charge is 0.187 e. The Morgan fingerprint density at radius 2 is 0.641 bits per heavy atom. The summed E-state index contributed by atoms with van der Waals surface area (Å²) in [5.41, 5.74) is 0. The lowest BCUT2D eigenvalue weighted by Gasteiger charge is -2.48. The number of aliphatic hydroxyl groups excluding tert-OH is 14. The van der Waals surface area contributed by atoms with E-state index in [-0.39, 0.29) is 19.8 Å². The minimum atomic E-state index is -1.88. The summed E-state index contributed by atoms with van der Waals surface area (Å²) < 4.78 is 80.0. The van der Waals surface area contributed by atoms with Gasteiger partial charge < -0.3 is 138 Å². The molecule has 9 fully saturated rings. The zero-order chi connectivity index (χ0) is 45.5. The van der Waals surface area contributed by atoms with Crippen molar-refractivity contribution in [2.75, 3.05) is 39.6 Å². The molecule has 0 spiro atoms. The van der Waals surface area contributed by atoms with Gasteiger partial charge in [-0.1, -0.05) is 0 Å². The highest BCUT2D eigenvalue weighted by atomic mass is 16.8. The van der Waals surface area contributed by atoms with Gasteiger partial charge in [-0.2, -0.15) is 0 Å². The van der Waals surface area contributed by atoms with E-state index in [9.17, 15) is 71.5 Å². The normalized spacial score (nSPS) is 57.3. The van der Waals surface area contributed by atoms with Crippen molar-refractivity contribution >= 4 is 0 Å². The average Bonchev–Trinajstić information content (AvgIpc) is 3.87. The molecule has 6 bridgehead atoms. The van der Waals surface area contributed by atoms with Gasteiger partial charge in [0.2, 0.25) is 0 Å². The van der Waals surface area contributed by atoms with Crippen molar-refractivity contribution in [1.29, 1.82) is 0 Å². The van der Waals surface area contributed by atoms with Gasteiger partial charge >= 0.3 is 0 Å². The van der Waals surface area contributed by atoms with Gasteiger partial charge in [0.1, 0.15) is 146 Å². The third kappa shape index (κ3) is 8.54. The van der Waals surface area contributed by atoms with E-state index < -0.39 is 204 Å². The van der Waals surface area contributed by atoms with E-state index in [0.717, 1.165) is 0 Å². The van der Waals surface area contributed by atoms with E-state index in [1.165, 1.54) is 0 Å². The highest BCUT2D eigenvalue weighted by molar-refractivity contribution is 5.03. The predicted molar refractivity (Wildman–Crippen MR) is 189 cm³/mol. The molecule has 0 aromatic rings. The third-order valence-electron chi connectivity index (χ3n) is 13.2. The highest BCUT2D eigenvalue weighted by Gasteiger charge is 2.61. The molecule has 64 heavy (non-hydrogen) atoms. The molecule has 9 rings (SSSR count). The maximum Gasteiger partial charge on any atom is 0.187 e. The van der Waals surface area contributed by atoms with E-state index in [2.05, 4.69) is 0 Å². The largest absolute Gasteiger partial charge is 0.394 e. The van der Waals surface area contributed by atoms with Crippen molar-refractivity contribution in [3.63, 3.8) is 0 Å². The van der Waals surface area contributed by atoms with Crippen molar-refractivity contribution in [1.82, 2.24) is 0 Å². The molecule has 0 aromatic heterocycles. The Hall–Kier alpha value is -1.12. The Labute approximate surface area is 361 Å². The first-order chi connectivity index (χ1) is 30.6. The summed E-state index contributed by atoms with van der Waals surface area (Å²) in [5.74, 6) is 0. The molecule has 0 aromatic carbocycles. The predicted octanol–water partition coefficient (Wildman–Crippen LogP) is -11.0. The second-order valence-corrected chi connectivity index (χ2v) is 17.1. The Bertz CT molecular complexity index is 1560. The molecule has 0 amide bonds. The van der Waals surface area contributed by atoms with Crippen molar-refractivity contribution in [3.05, 3.63) is 0 Å². The highest BCUT2D eigenvalue weighted by Crippen LogP contribution is 2.41. The zero-order valence-electron chi connectivity index (χ0n) is 33.5. The van der Waals surface area contributed by atoms with E-state index in [1.807, 2.05) is 0 Å². The summed E-state index contributed by atoms with van der Waals surface area (Å²) in [5, 5.41) is 149. The van der Waals surface area contributed by atoms with Gasteiger partial charge in [-0.3, -0.25) is 0 Å². The van der Waals surface area contributed by atoms with E-state index >= 15 is 0 Å². The van der Waals surface area contributed by atoms with Gasteiger partial charge in [-0.05, 0) is 0 Å². The zero-order valence-corrected chi connectivity index (χ0v) is 33.5. The minimum Gasteiger partial charge on any atom is -0.394 e. The van der Waals surface area contributed by atoms with Gasteiger partial charge in [0.15, 0.2) is 37.7 Å². The fourth-order valence-electron chi connectivity index (χ4n) is 9.61. The molecule has 0 saturated carbocycles. The standard InChI is InChI=1S/C36H56O28/c37-1-7-13(40)26(17(44)31(50)54-7)62-35-21(48)29-23(11(58-35)5-52-29)60-34-20(47)28(15(42)9(3-39)56-34)64-36-22(49)30-24(12(59-36)6-53-30)61-33-19(46)27(14(41)8(2-38)55-33)63-32-18(45)25-16(43)10(57-32)4-51-25/h7-50H,1-6H2/t7-,8-,9-,10?,11?,12?,13+,14+,15+,16-,17-,18+,19-,20-,21+,22+,23-,24-,25?,26+,27+,28+,29?,30?,31-,32+,33+,34+,35+,36+/m1/s1. The first-order valence-electron chi connectivity index (χ1n) is 21.0. The molecule has 0 aliphatic carbocycles. The molecule has 14 N–H and O–H groups in total. The van der Waals surface area contributed by atoms with Crippen LogP contribution < -0.4 is 0 Å². The van der Waals surface area contributed by atoms with Crippen LogP contribution in [0.25, 0.3) is 0 Å². The molecule has 6 unspecified atom stereocenters. The maximum atomic E-state index is 11.5. The topological polar surface area (TPSA) is 412 Å². The summed E-state index contributed by atoms with van der Waals surface area (Å²) in [4.78, 5) is 0. The molecule has 0 radical (unpaired) electrons. The summed E-state index contributed by atoms with van der Waals surface area (Å²) in [6.45, 7) is -2.74. The first kappa shape index (κ1) is 47.9. The van der Waals surface area contributed by atoms with Crippen LogP contribution in [0, 0.1) is 0 Å². The fraction of sp³-hybridized carbons (Fsp3) is 1.00. The average molecular weight is 937 g/mol. The molecule has 9 saturated heterocycles. The summed E-state index contributed by atoms with van der Waals surface area (Å²) in [6, 6.07) is 0. The van der Waals surface area contributed by atoms with Crippen molar-refractivity contribution < 1.29 is 138 Å². The third-order valence-corrected chi connectivity index (χ3v) is 13.2. The summed E-state index contributed by atoms with van der Waals surface area (Å²) in [6.07, 6.45) is -44.4. The lowest BCUT2D eigenvalue weighted by molar-refractivity contribution is -0.380. The quantitative estimate of drug-likeness (QED) is 0.0815. The number of hydrogen-bond acceptors (Lipinski definition) is 28. The molecule has 30 atom stereocenters. The molecule has 9 aliphatic rings. The van der Waals surface area contributed by atoms with Crippen LogP contribution in [-0.2, 0) is 66.3 Å². The lowest BCUT2D eigenvalue weighted by Crippen LogP contribution is -2.66. The monoisotopic (exact) mass is 936 g/mol. The van der Waals surface area contributed by atoms with E-state index in [4.69, 9.17) is 66.3 Å². The Morgan fingerprint density at radius 3 is 1.08 bits per heavy atom. The first-order valence-corrected chi connectivity index (χ1v) is 21.0. The van der Waals surface area contributed by atoms with Crippen LogP contribution in [0.5, 0.6) is 0 Å². The van der Waals surface area contributed by atoms with Crippen LogP contribution in [-0.4, -0.2) is 295 Å². The van der Waals surface area contributed by atoms with Crippen LogP contribution in [0.15, 0.2) is 0 Å². The second-order valence-electron chi connectivity index (χ2n) is 17.1. The molecule has 9 aliphatic heterocycles. The van der Waals surface area contributed by atoms with Gasteiger partial charge in [0, 0.05) is 0 Å². The Kier molecular flexibility index (Phi) is 14.5. The van der Waals surface area contributed by atoms with Crippen molar-refractivity contribution in [2.45, 2.75) is 184 Å². The van der Waals surface area contributed by atoms with Crippen molar-refractivity contribution in [2.24, 2.45) is 0 Å². The van der Waals surface area contributed by atoms with Gasteiger partial charge in [-0.25, -0.2) is 0 Å². The number of fused-ring (bicyclic) bond motifs is 6. The van der Waals surface area contributed by atoms with Crippen molar-refractivity contribution in [3.8, 4) is 0 Å². The van der Waals surface area contributed by atoms with Gasteiger partial charge in [-0.15, -0.1) is 0 Å². The van der Waals surface area contributed by atoms with Crippen LogP contribution in [0.1, 0.15) is 0 Å². The second kappa shape index (κ2) is 19.3. The van der Waals surface area contributed by atoms with Crippen LogP contribution in [0.4, 0.5) is 0 Å². The SMILES string of the molecule is OC[C@H]1O[C@@H](O)[C@H](O)[C@@H](O[C@@H]2OC3COC([C@@H]3O[C@@H]3O[C@H](CO)[C@H](O)[C@H](O[C@@H]4OC5COC([C@@H]5O[C@@H]5O[C@H](CO)[C@H](O)[C@H](O[C@@H]6OC7COC([C@@H]7O)[C@@H]6O)[C@H]5O)[C@@H]4O)[C@H]3O)[C@@H]2O)[C@H]1O. The lowest BCUT2D eigenvalue weighted by atomic mass is 9.96. The molecular weight excluding hydrogens is 880 g/mol. The minimum absolute atomic E-state index is 0.0399. The Morgan fingerprint density at radius 1 is 0.312 bits per heavy atom. The van der Waals surface area contributed by atoms with Gasteiger partial charge in [0.25, 0.3) is 0 Å². The molecule has 9 heterocycles. The van der Waals surface area contributed by atoms with E-state index in [1.54, 1.807) is 0 Å². The van der Waals surface area contributed by atoms with Crippen LogP contribution in [0.2, 0.25) is 0 Å². The molecule has 368 valence electrons. The summed E-state index contributed by atoms with van der Waals surface area (Å²) >= 11 is 0. The summed E-state index contributed by atoms with van der Waals surface area (Å²) in [7, 11) is 0.